The second-order valence-electron chi connectivity index (χ2n) is 6.63. The molecule has 1 aromatic rings. The van der Waals surface area contributed by atoms with Gasteiger partial charge in [-0.2, -0.15) is 0 Å². The van der Waals surface area contributed by atoms with Crippen molar-refractivity contribution in [3.05, 3.63) is 39.9 Å². The first-order valence-electron chi connectivity index (χ1n) is 7.86. The summed E-state index contributed by atoms with van der Waals surface area (Å²) in [7, 11) is 0. The smallest absolute Gasteiger partial charge is 0.307 e. The Bertz CT molecular complexity index is 676. The van der Waals surface area contributed by atoms with Gasteiger partial charge in [-0.1, -0.05) is 27.1 Å². The van der Waals surface area contributed by atoms with Gasteiger partial charge >= 0.3 is 5.97 Å². The van der Waals surface area contributed by atoms with Crippen LogP contribution < -0.4 is 5.32 Å². The third kappa shape index (κ3) is 2.82. The van der Waals surface area contributed by atoms with Crippen LogP contribution in [0.25, 0.3) is 0 Å². The lowest BCUT2D eigenvalue weighted by atomic mass is 9.78. The fraction of sp³-hybridized carbons (Fsp3) is 0.444. The molecule has 1 amide bonds. The molecule has 0 aromatic heterocycles. The van der Waals surface area contributed by atoms with Gasteiger partial charge in [-0.05, 0) is 62.8 Å². The molecule has 23 heavy (non-hydrogen) atoms. The first-order chi connectivity index (χ1) is 10.9. The highest BCUT2D eigenvalue weighted by Crippen LogP contribution is 2.57. The minimum Gasteiger partial charge on any atom is -0.481 e. The number of carbonyl (C=O) groups is 2. The zero-order valence-electron chi connectivity index (χ0n) is 13.2. The minimum atomic E-state index is -0.855. The van der Waals surface area contributed by atoms with E-state index in [2.05, 4.69) is 21.2 Å². The predicted molar refractivity (Wildman–Crippen MR) is 92.0 cm³/mol. The normalized spacial score (nSPS) is 28.7. The van der Waals surface area contributed by atoms with Gasteiger partial charge in [0, 0.05) is 10.2 Å². The molecular formula is C18H20BrNO3. The Morgan fingerprint density at radius 2 is 1.65 bits per heavy atom. The first kappa shape index (κ1) is 16.2. The third-order valence-corrected chi connectivity index (χ3v) is 5.65. The number of rotatable bonds is 3. The maximum atomic E-state index is 12.8. The zero-order chi connectivity index (χ0) is 16.7. The van der Waals surface area contributed by atoms with Crippen molar-refractivity contribution in [2.75, 3.05) is 5.32 Å². The topological polar surface area (TPSA) is 66.4 Å². The summed E-state index contributed by atoms with van der Waals surface area (Å²) >= 11 is 3.36. The van der Waals surface area contributed by atoms with Crippen LogP contribution in [0.4, 0.5) is 5.69 Å². The van der Waals surface area contributed by atoms with Crippen molar-refractivity contribution in [3.63, 3.8) is 0 Å². The van der Waals surface area contributed by atoms with Crippen LogP contribution in [0.1, 0.15) is 26.7 Å². The number of aliphatic carboxylic acids is 1. The molecular weight excluding hydrogens is 358 g/mol. The number of allylic oxidation sites excluding steroid dienone is 2. The Morgan fingerprint density at radius 1 is 1.09 bits per heavy atom. The van der Waals surface area contributed by atoms with E-state index in [4.69, 9.17) is 0 Å². The van der Waals surface area contributed by atoms with Crippen molar-refractivity contribution < 1.29 is 14.7 Å². The number of carbonyl (C=O) groups excluding carboxylic acids is 1. The fourth-order valence-electron chi connectivity index (χ4n) is 4.36. The van der Waals surface area contributed by atoms with Crippen molar-refractivity contribution in [3.8, 4) is 0 Å². The number of benzene rings is 1. The van der Waals surface area contributed by atoms with E-state index < -0.39 is 17.8 Å². The SMILES string of the molecule is CC(C)=C1C2CCC1C(C(=O)Nc1ccc(Br)cc1)C2C(=O)O. The molecule has 4 nitrogen and oxygen atoms in total. The molecule has 4 atom stereocenters. The van der Waals surface area contributed by atoms with Gasteiger partial charge in [-0.15, -0.1) is 0 Å². The van der Waals surface area contributed by atoms with Gasteiger partial charge in [0.2, 0.25) is 5.91 Å². The molecule has 5 heteroatoms. The summed E-state index contributed by atoms with van der Waals surface area (Å²) in [6.45, 7) is 4.04. The highest BCUT2D eigenvalue weighted by molar-refractivity contribution is 9.10. The second-order valence-corrected chi connectivity index (χ2v) is 7.55. The van der Waals surface area contributed by atoms with Crippen LogP contribution in [0.15, 0.2) is 39.9 Å². The Kier molecular flexibility index (Phi) is 4.32. The van der Waals surface area contributed by atoms with Gasteiger partial charge in [-0.25, -0.2) is 0 Å². The standard InChI is InChI=1S/C18H20BrNO3/c1-9(2)14-12-7-8-13(14)16(18(22)23)15(12)17(21)20-11-5-3-10(19)4-6-11/h3-6,12-13,15-16H,7-8H2,1-2H3,(H,20,21)(H,22,23). The summed E-state index contributed by atoms with van der Waals surface area (Å²) in [6.07, 6.45) is 1.79. The van der Waals surface area contributed by atoms with Gasteiger partial charge in [0.05, 0.1) is 11.8 Å². The Hall–Kier alpha value is -1.62. The number of hydrogen-bond donors (Lipinski definition) is 2. The predicted octanol–water partition coefficient (Wildman–Crippen LogP) is 4.08. The molecule has 0 saturated heterocycles. The fourth-order valence-corrected chi connectivity index (χ4v) is 4.63. The van der Waals surface area contributed by atoms with Crippen LogP contribution in [0.3, 0.4) is 0 Å². The lowest BCUT2D eigenvalue weighted by Gasteiger charge is -2.26. The van der Waals surface area contributed by atoms with Gasteiger partial charge in [-0.3, -0.25) is 9.59 Å². The number of halogens is 1. The van der Waals surface area contributed by atoms with Crippen molar-refractivity contribution in [2.24, 2.45) is 23.7 Å². The van der Waals surface area contributed by atoms with Gasteiger partial charge in [0.25, 0.3) is 0 Å². The van der Waals surface area contributed by atoms with Crippen molar-refractivity contribution in [2.45, 2.75) is 26.7 Å². The van der Waals surface area contributed by atoms with E-state index in [1.165, 1.54) is 11.1 Å². The number of nitrogens with one attached hydrogen (secondary N) is 1. The summed E-state index contributed by atoms with van der Waals surface area (Å²) in [5.41, 5.74) is 3.07. The summed E-state index contributed by atoms with van der Waals surface area (Å²) < 4.78 is 0.936. The molecule has 0 radical (unpaired) electrons. The number of amides is 1. The highest BCUT2D eigenvalue weighted by atomic mass is 79.9. The second kappa shape index (κ2) is 6.11. The zero-order valence-corrected chi connectivity index (χ0v) is 14.8. The van der Waals surface area contributed by atoms with Crippen molar-refractivity contribution in [1.82, 2.24) is 0 Å². The molecule has 0 aliphatic heterocycles. The van der Waals surface area contributed by atoms with Crippen LogP contribution in [0.5, 0.6) is 0 Å². The molecule has 122 valence electrons. The average molecular weight is 378 g/mol. The molecule has 3 rings (SSSR count). The van der Waals surface area contributed by atoms with Crippen LogP contribution in [0, 0.1) is 23.7 Å². The van der Waals surface area contributed by atoms with E-state index in [9.17, 15) is 14.7 Å². The molecule has 2 fully saturated rings. The highest BCUT2D eigenvalue weighted by Gasteiger charge is 2.57. The largest absolute Gasteiger partial charge is 0.481 e. The molecule has 2 aliphatic carbocycles. The third-order valence-electron chi connectivity index (χ3n) is 5.12. The molecule has 4 unspecified atom stereocenters. The quantitative estimate of drug-likeness (QED) is 0.779. The van der Waals surface area contributed by atoms with Crippen LogP contribution >= 0.6 is 15.9 Å². The number of hydrogen-bond acceptors (Lipinski definition) is 2. The average Bonchev–Trinajstić information content (AvgIpc) is 3.05. The minimum absolute atomic E-state index is 0.0168. The Labute approximate surface area is 144 Å². The van der Waals surface area contributed by atoms with Crippen molar-refractivity contribution >= 4 is 33.5 Å². The summed E-state index contributed by atoms with van der Waals surface area (Å²) in [4.78, 5) is 24.5. The van der Waals surface area contributed by atoms with E-state index in [-0.39, 0.29) is 17.7 Å². The van der Waals surface area contributed by atoms with Crippen LogP contribution in [0.2, 0.25) is 0 Å². The van der Waals surface area contributed by atoms with Gasteiger partial charge < -0.3 is 10.4 Å². The number of carboxylic acid groups (broad SMARTS) is 1. The maximum Gasteiger partial charge on any atom is 0.307 e. The lowest BCUT2D eigenvalue weighted by molar-refractivity contribution is -0.148. The molecule has 2 aliphatic rings. The monoisotopic (exact) mass is 377 g/mol. The number of fused-ring (bicyclic) bond motifs is 2. The summed E-state index contributed by atoms with van der Waals surface area (Å²) in [6, 6.07) is 7.33. The lowest BCUT2D eigenvalue weighted by Crippen LogP contribution is -2.37. The number of carboxylic acids is 1. The van der Waals surface area contributed by atoms with Crippen molar-refractivity contribution in [1.29, 1.82) is 0 Å². The number of anilines is 1. The van der Waals surface area contributed by atoms with Gasteiger partial charge in [0.15, 0.2) is 0 Å². The van der Waals surface area contributed by atoms with E-state index in [0.29, 0.717) is 5.69 Å². The summed E-state index contributed by atoms with van der Waals surface area (Å²) in [5, 5.41) is 12.5. The van der Waals surface area contributed by atoms with E-state index in [1.54, 1.807) is 0 Å². The molecule has 1 aromatic carbocycles. The van der Waals surface area contributed by atoms with E-state index in [0.717, 1.165) is 17.3 Å². The Morgan fingerprint density at radius 3 is 2.17 bits per heavy atom. The van der Waals surface area contributed by atoms with Crippen LogP contribution in [-0.4, -0.2) is 17.0 Å². The van der Waals surface area contributed by atoms with Gasteiger partial charge in [0.1, 0.15) is 0 Å². The maximum absolute atomic E-state index is 12.8. The van der Waals surface area contributed by atoms with E-state index >= 15 is 0 Å². The van der Waals surface area contributed by atoms with E-state index in [1.807, 2.05) is 38.1 Å². The summed E-state index contributed by atoms with van der Waals surface area (Å²) in [5.74, 6) is -2.02. The van der Waals surface area contributed by atoms with Crippen LogP contribution in [-0.2, 0) is 9.59 Å². The molecule has 2 N–H and O–H groups in total. The molecule has 0 spiro atoms. The Balaban J connectivity index is 1.88. The molecule has 2 bridgehead atoms. The molecule has 0 heterocycles. The molecule has 2 saturated carbocycles. The first-order valence-corrected chi connectivity index (χ1v) is 8.66.